The second kappa shape index (κ2) is 41.3. The van der Waals surface area contributed by atoms with E-state index >= 15 is 0 Å². The number of rotatable bonds is 24. The largest absolute Gasteiger partial charge is 0.433 e. The predicted octanol–water partition coefficient (Wildman–Crippen LogP) is 22.2. The van der Waals surface area contributed by atoms with Crippen LogP contribution < -0.4 is 31.9 Å². The maximum absolute atomic E-state index is 13.0. The molecule has 7 N–H and O–H groups in total. The fraction of sp³-hybridized carbons (Fsp3) is 0.580. The smallest absolute Gasteiger partial charge is 0.390 e. The van der Waals surface area contributed by atoms with Crippen molar-refractivity contribution in [3.05, 3.63) is 106 Å². The topological polar surface area (TPSA) is 379 Å². The van der Waals surface area contributed by atoms with E-state index in [0.29, 0.717) is 90.3 Å². The Hall–Kier alpha value is -11.4. The van der Waals surface area contributed by atoms with Gasteiger partial charge in [-0.3, -0.25) is 88.1 Å². The number of alkyl halides is 3. The van der Waals surface area contributed by atoms with Crippen LogP contribution in [-0.2, 0) is 34.9 Å². The van der Waals surface area contributed by atoms with Crippen molar-refractivity contribution in [2.45, 2.75) is 338 Å². The zero-order chi connectivity index (χ0) is 96.3. The summed E-state index contributed by atoms with van der Waals surface area (Å²) in [4.78, 5) is 128. The molecular weight excluding hydrogens is 1740 g/mol. The Labute approximate surface area is 790 Å². The minimum atomic E-state index is -4.55. The number of hydrogen-bond donors (Lipinski definition) is 7. The van der Waals surface area contributed by atoms with Crippen LogP contribution >= 0.6 is 11.6 Å². The zero-order valence-corrected chi connectivity index (χ0v) is 81.4. The number of aromatic nitrogens is 18. The lowest BCUT2D eigenvalue weighted by atomic mass is 9.68. The first-order chi connectivity index (χ1) is 64.3. The third-order valence-corrected chi connectivity index (χ3v) is 28.8. The molecule has 0 spiro atoms. The fourth-order valence-electron chi connectivity index (χ4n) is 17.8. The van der Waals surface area contributed by atoms with Crippen LogP contribution in [0.15, 0.2) is 72.8 Å². The fourth-order valence-corrected chi connectivity index (χ4v) is 17.9. The van der Waals surface area contributed by atoms with Crippen molar-refractivity contribution in [3.63, 3.8) is 0 Å². The summed E-state index contributed by atoms with van der Waals surface area (Å²) < 4.78 is 51.2. The number of nitrogens with one attached hydrogen (secondary N) is 6. The van der Waals surface area contributed by atoms with Crippen molar-refractivity contribution in [3.8, 4) is 0 Å². The summed E-state index contributed by atoms with van der Waals surface area (Å²) in [5.41, 5.74) is 11.0. The van der Waals surface area contributed by atoms with Gasteiger partial charge in [-0.15, -0.1) is 0 Å². The first-order valence-corrected chi connectivity index (χ1v) is 49.2. The number of amides is 6. The van der Waals surface area contributed by atoms with E-state index in [1.54, 1.807) is 17.6 Å². The minimum Gasteiger partial charge on any atom is -0.390 e. The van der Waals surface area contributed by atoms with Crippen LogP contribution in [-0.4, -0.2) is 133 Å². The highest BCUT2D eigenvalue weighted by Gasteiger charge is 2.41. The summed E-state index contributed by atoms with van der Waals surface area (Å²) in [6.07, 6.45) is 25.8. The summed E-state index contributed by atoms with van der Waals surface area (Å²) in [7, 11) is 0. The second-order valence-electron chi connectivity index (χ2n) is 40.4. The molecular formula is C100H132ClF3N24O7. The third kappa shape index (κ3) is 22.6. The van der Waals surface area contributed by atoms with E-state index in [0.717, 1.165) is 207 Å². The van der Waals surface area contributed by atoms with Gasteiger partial charge >= 0.3 is 6.18 Å². The van der Waals surface area contributed by atoms with Gasteiger partial charge < -0.3 is 5.11 Å². The van der Waals surface area contributed by atoms with E-state index in [9.17, 15) is 47.0 Å². The van der Waals surface area contributed by atoms with Crippen molar-refractivity contribution in [1.29, 1.82) is 0 Å². The predicted molar refractivity (Wildman–Crippen MR) is 520 cm³/mol. The van der Waals surface area contributed by atoms with E-state index < -0.39 is 29.3 Å². The lowest BCUT2D eigenvalue weighted by Crippen LogP contribution is -2.38. The second-order valence-corrected chi connectivity index (χ2v) is 40.8. The summed E-state index contributed by atoms with van der Waals surface area (Å²) in [5, 5.41) is 28.2. The van der Waals surface area contributed by atoms with Crippen LogP contribution in [0.4, 0.5) is 48.9 Å². The number of anilines is 6. The number of aryl methyl sites for hydroxylation is 4. The van der Waals surface area contributed by atoms with Crippen molar-refractivity contribution in [2.75, 3.05) is 31.9 Å². The molecule has 6 amide bonds. The Morgan fingerprint density at radius 1 is 0.378 bits per heavy atom. The average Bonchev–Trinajstić information content (AvgIpc) is 1.63. The quantitative estimate of drug-likeness (QED) is 0.0276. The average molecular weight is 1870 g/mol. The molecule has 0 aliphatic heterocycles. The highest BCUT2D eigenvalue weighted by atomic mass is 35.5. The number of carbonyl (C=O) groups excluding carboxylic acids is 6. The van der Waals surface area contributed by atoms with Gasteiger partial charge in [-0.1, -0.05) is 86.8 Å². The van der Waals surface area contributed by atoms with Crippen LogP contribution in [0.2, 0.25) is 5.15 Å². The Morgan fingerprint density at radius 2 is 0.637 bits per heavy atom. The van der Waals surface area contributed by atoms with Crippen LogP contribution in [0.25, 0.3) is 67.0 Å². The molecule has 0 unspecified atom stereocenters. The van der Waals surface area contributed by atoms with Crippen molar-refractivity contribution in [2.24, 2.45) is 34.5 Å². The van der Waals surface area contributed by atoms with Gasteiger partial charge in [-0.05, 0) is 285 Å². The van der Waals surface area contributed by atoms with E-state index in [-0.39, 0.29) is 75.4 Å². The molecule has 0 saturated heterocycles. The van der Waals surface area contributed by atoms with Gasteiger partial charge in [0.2, 0.25) is 71.1 Å². The monoisotopic (exact) mass is 1870 g/mol. The van der Waals surface area contributed by atoms with Gasteiger partial charge in [0.25, 0.3) is 0 Å². The highest BCUT2D eigenvalue weighted by molar-refractivity contribution is 6.29. The Kier molecular flexibility index (Phi) is 30.0. The first-order valence-electron chi connectivity index (χ1n) is 48.8. The molecule has 8 fully saturated rings. The number of pyridine rings is 6. The molecule has 0 bridgehead atoms. The van der Waals surface area contributed by atoms with Gasteiger partial charge in [0.15, 0.2) is 33.9 Å². The summed E-state index contributed by atoms with van der Waals surface area (Å²) in [6.45, 7) is 28.9. The van der Waals surface area contributed by atoms with Crippen molar-refractivity contribution in [1.82, 2.24) is 87.2 Å². The minimum absolute atomic E-state index is 0.00523. The number of nitrogens with zero attached hydrogens (tertiary/aromatic N) is 18. The number of halogens is 4. The van der Waals surface area contributed by atoms with E-state index in [2.05, 4.69) is 128 Å². The van der Waals surface area contributed by atoms with Gasteiger partial charge in [0.05, 0.1) is 11.5 Å². The first kappa shape index (κ1) is 98.1. The molecule has 12 aromatic heterocycles. The maximum Gasteiger partial charge on any atom is 0.433 e. The van der Waals surface area contributed by atoms with Crippen molar-refractivity contribution < 1.29 is 47.0 Å². The van der Waals surface area contributed by atoms with Crippen molar-refractivity contribution >= 4 is 150 Å². The molecule has 35 heteroatoms. The molecule has 722 valence electrons. The molecule has 8 aliphatic carbocycles. The number of imidazole rings is 6. The third-order valence-electron chi connectivity index (χ3n) is 28.6. The van der Waals surface area contributed by atoms with Crippen LogP contribution in [0.1, 0.15) is 327 Å². The lowest BCUT2D eigenvalue weighted by Gasteiger charge is -2.37. The Bertz CT molecular complexity index is 6080. The normalized spacial score (nSPS) is 17.8. The number of aliphatic hydroxyl groups is 1. The standard InChI is InChI=1S/C18H24N4O.C17H21ClN4O.C17H21F3N4O2.3C16H22N4O/c1-12-7-8-14-16(19-12)22(13-5-3-6-13)17(20-14)21-15(23)11-18(2)9-4-10-18;1-17(8-3-9-17)10-14(23)21-16-19-12-6-7-13(18)20-15(12)22(16)11-4-2-5-11;1-9(16(2,3)26)14(25)23-15-21-11-7-8-12(17(18,19)20)22-13(11)24(15)10-5-4-6-10;1-10(2)9-14(21)19-16-18-13-8-7-11(3)17-15(13)20(16)12-5-4-6-12;2*1-4-10(2)15(21)19-16-18-13-9-8-11(3)17-14(13)20(16)12-6-5-7-12/h7-8,13H,3-6,9-11H2,1-2H3,(H,20,21,23);6-7,11H,2-5,8-10H2,1H3,(H,19,21,23);7-10,26H,4-6H2,1-3H3,(H,21,23,25);7-8,10,12H,4-6,9H2,1-3H3,(H,18,19,21);2*8-10,12H,4-7H2,1-3H3,(H,18,19,21)/t;;9-;;2*10-/m..1.10/s1. The van der Waals surface area contributed by atoms with Crippen LogP contribution in [0.3, 0.4) is 0 Å². The molecule has 31 nitrogen and oxygen atoms in total. The van der Waals surface area contributed by atoms with E-state index in [1.807, 2.05) is 124 Å². The van der Waals surface area contributed by atoms with Crippen LogP contribution in [0.5, 0.6) is 0 Å². The summed E-state index contributed by atoms with van der Waals surface area (Å²) >= 11 is 6.05. The summed E-state index contributed by atoms with van der Waals surface area (Å²) in [6, 6.07) is 23.5. The molecule has 8 aliphatic rings. The molecule has 0 aromatic carbocycles. The van der Waals surface area contributed by atoms with Crippen LogP contribution in [0, 0.1) is 62.2 Å². The maximum atomic E-state index is 13.0. The number of fused-ring (bicyclic) bond motifs is 6. The summed E-state index contributed by atoms with van der Waals surface area (Å²) in [5.74, 6) is 2.79. The molecule has 12 aromatic rings. The number of carbonyl (C=O) groups is 6. The number of hydrogen-bond acceptors (Lipinski definition) is 19. The van der Waals surface area contributed by atoms with Gasteiger partial charge in [-0.2, -0.15) is 13.2 Å². The van der Waals surface area contributed by atoms with Gasteiger partial charge in [0, 0.05) is 90.1 Å². The molecule has 3 atom stereocenters. The van der Waals surface area contributed by atoms with E-state index in [4.69, 9.17) is 11.6 Å². The SMILES string of the molecule is CC1(CC(=O)Nc2nc3ccc(Cl)nc3n2C2CCC2)CCC1.CC[C@@H](C)C(=O)Nc1nc2ccc(C)nc2n1C1CCC1.CC[C@H](C)C(=O)Nc1nc2ccc(C)nc2n1C1CCC1.C[C@H](C(=O)Nc1nc2ccc(C(F)(F)F)nc2n1C1CCC1)C(C)(C)O.Cc1ccc2nc(NC(=O)CC(C)C)n(C3CCC3)c2n1.Cc1ccc2nc(NC(=O)CC3(C)CCC3)n(C3CCC3)c2n1. The lowest BCUT2D eigenvalue weighted by molar-refractivity contribution is -0.141. The molecule has 12 heterocycles. The molecule has 0 radical (unpaired) electrons. The molecule has 8 saturated carbocycles. The Balaban J connectivity index is 0.000000124. The molecule has 135 heavy (non-hydrogen) atoms. The van der Waals surface area contributed by atoms with Gasteiger partial charge in [0.1, 0.15) is 43.9 Å². The zero-order valence-electron chi connectivity index (χ0n) is 80.7. The van der Waals surface area contributed by atoms with Gasteiger partial charge in [-0.25, -0.2) is 59.8 Å². The van der Waals surface area contributed by atoms with E-state index in [1.165, 1.54) is 64.9 Å². The Morgan fingerprint density at radius 3 is 0.889 bits per heavy atom. The highest BCUT2D eigenvalue weighted by Crippen LogP contribution is 2.48. The molecule has 20 rings (SSSR count).